The molecule has 150 valence electrons. The third-order valence-corrected chi connectivity index (χ3v) is 5.10. The number of hydrogen-bond acceptors (Lipinski definition) is 5. The highest BCUT2D eigenvalue weighted by Gasteiger charge is 2.17. The number of piperazine rings is 1. The van der Waals surface area contributed by atoms with Crippen molar-refractivity contribution in [3.63, 3.8) is 0 Å². The molecule has 1 N–H and O–H groups in total. The van der Waals surface area contributed by atoms with Crippen LogP contribution in [0, 0.1) is 0 Å². The number of carbonyl (C=O) groups excluding carboxylic acids is 1. The van der Waals surface area contributed by atoms with Crippen molar-refractivity contribution in [2.75, 3.05) is 43.4 Å². The van der Waals surface area contributed by atoms with Crippen molar-refractivity contribution < 1.29 is 13.9 Å². The number of rotatable bonds is 6. The van der Waals surface area contributed by atoms with E-state index in [4.69, 9.17) is 9.15 Å². The molecule has 0 atom stereocenters. The van der Waals surface area contributed by atoms with Gasteiger partial charge >= 0.3 is 0 Å². The van der Waals surface area contributed by atoms with Gasteiger partial charge < -0.3 is 24.3 Å². The summed E-state index contributed by atoms with van der Waals surface area (Å²) in [7, 11) is 2.14. The fraction of sp³-hybridized carbons (Fsp3) is 0.261. The molecule has 0 aliphatic carbocycles. The lowest BCUT2D eigenvalue weighted by atomic mass is 10.2. The number of hydrogen-bond donors (Lipinski definition) is 1. The molecule has 3 aromatic rings. The number of amides is 1. The number of ether oxygens (including phenoxy) is 1. The van der Waals surface area contributed by atoms with E-state index in [-0.39, 0.29) is 12.5 Å². The second-order valence-corrected chi connectivity index (χ2v) is 7.15. The lowest BCUT2D eigenvalue weighted by Crippen LogP contribution is -2.44. The summed E-state index contributed by atoms with van der Waals surface area (Å²) < 4.78 is 11.2. The summed E-state index contributed by atoms with van der Waals surface area (Å²) in [4.78, 5) is 17.4. The predicted octanol–water partition coefficient (Wildman–Crippen LogP) is 3.86. The van der Waals surface area contributed by atoms with Crippen LogP contribution in [0.15, 0.2) is 71.3 Å². The molecule has 1 aromatic heterocycles. The van der Waals surface area contributed by atoms with E-state index in [1.807, 2.05) is 42.5 Å². The Balaban J connectivity index is 1.36. The maximum atomic E-state index is 12.7. The number of nitrogens with one attached hydrogen (secondary N) is 1. The number of nitrogens with zero attached hydrogens (tertiary/aromatic N) is 2. The van der Waals surface area contributed by atoms with Gasteiger partial charge in [-0.05, 0) is 49.5 Å². The van der Waals surface area contributed by atoms with Crippen molar-refractivity contribution in [1.82, 2.24) is 4.90 Å². The quantitative estimate of drug-likeness (QED) is 0.691. The highest BCUT2D eigenvalue weighted by molar-refractivity contribution is 6.05. The zero-order valence-electron chi connectivity index (χ0n) is 16.5. The Morgan fingerprint density at radius 3 is 2.45 bits per heavy atom. The van der Waals surface area contributed by atoms with Gasteiger partial charge in [0.05, 0.1) is 11.8 Å². The maximum Gasteiger partial charge on any atom is 0.259 e. The standard InChI is InChI=1S/C23H25N3O3/c1-25-12-14-26(15-13-25)19-9-7-18(8-10-19)24-23(27)21-11-16-28-22(21)17-29-20-5-3-2-4-6-20/h2-11,16H,12-15,17H2,1H3,(H,24,27). The summed E-state index contributed by atoms with van der Waals surface area (Å²) >= 11 is 0. The molecule has 6 heteroatoms. The molecule has 1 aliphatic heterocycles. The minimum absolute atomic E-state index is 0.197. The largest absolute Gasteiger partial charge is 0.486 e. The van der Waals surface area contributed by atoms with E-state index in [2.05, 4.69) is 34.3 Å². The van der Waals surface area contributed by atoms with E-state index in [1.165, 1.54) is 12.0 Å². The fourth-order valence-corrected chi connectivity index (χ4v) is 3.34. The van der Waals surface area contributed by atoms with Gasteiger partial charge in [-0.25, -0.2) is 0 Å². The van der Waals surface area contributed by atoms with Crippen LogP contribution in [0.3, 0.4) is 0 Å². The first kappa shape index (κ1) is 19.1. The maximum absolute atomic E-state index is 12.7. The Kier molecular flexibility index (Phi) is 5.81. The summed E-state index contributed by atoms with van der Waals surface area (Å²) in [5, 5.41) is 2.94. The molecule has 1 saturated heterocycles. The molecular weight excluding hydrogens is 366 g/mol. The van der Waals surface area contributed by atoms with Gasteiger partial charge in [0.1, 0.15) is 12.4 Å². The molecule has 1 amide bonds. The summed E-state index contributed by atoms with van der Waals surface area (Å²) in [5.41, 5.74) is 2.41. The first-order valence-corrected chi connectivity index (χ1v) is 9.78. The van der Waals surface area contributed by atoms with Gasteiger partial charge in [-0.15, -0.1) is 0 Å². The van der Waals surface area contributed by atoms with Crippen LogP contribution in [0.25, 0.3) is 0 Å². The molecule has 1 aliphatic rings. The molecule has 0 radical (unpaired) electrons. The van der Waals surface area contributed by atoms with Crippen molar-refractivity contribution in [3.05, 3.63) is 78.3 Å². The van der Waals surface area contributed by atoms with Gasteiger partial charge in [-0.3, -0.25) is 4.79 Å². The van der Waals surface area contributed by atoms with Crippen LogP contribution in [0.5, 0.6) is 5.75 Å². The SMILES string of the molecule is CN1CCN(c2ccc(NC(=O)c3ccoc3COc3ccccc3)cc2)CC1. The Morgan fingerprint density at radius 1 is 1.00 bits per heavy atom. The van der Waals surface area contributed by atoms with E-state index in [0.29, 0.717) is 11.3 Å². The second-order valence-electron chi connectivity index (χ2n) is 7.15. The molecule has 0 saturated carbocycles. The second kappa shape index (κ2) is 8.84. The molecule has 0 spiro atoms. The number of benzene rings is 2. The Hall–Kier alpha value is -3.25. The van der Waals surface area contributed by atoms with Gasteiger partial charge in [0.2, 0.25) is 0 Å². The summed E-state index contributed by atoms with van der Waals surface area (Å²) in [5.74, 6) is 1.02. The average Bonchev–Trinajstić information content (AvgIpc) is 3.23. The lowest BCUT2D eigenvalue weighted by molar-refractivity contribution is 0.102. The van der Waals surface area contributed by atoms with Crippen LogP contribution >= 0.6 is 0 Å². The first-order valence-electron chi connectivity index (χ1n) is 9.78. The van der Waals surface area contributed by atoms with Crippen LogP contribution < -0.4 is 15.0 Å². The average molecular weight is 391 g/mol. The first-order chi connectivity index (χ1) is 14.2. The van der Waals surface area contributed by atoms with Crippen molar-refractivity contribution in [2.45, 2.75) is 6.61 Å². The van der Waals surface area contributed by atoms with E-state index < -0.39 is 0 Å². The van der Waals surface area contributed by atoms with Gasteiger partial charge in [-0.1, -0.05) is 18.2 Å². The molecule has 0 bridgehead atoms. The van der Waals surface area contributed by atoms with Gasteiger partial charge in [0, 0.05) is 37.6 Å². The van der Waals surface area contributed by atoms with Crippen molar-refractivity contribution in [3.8, 4) is 5.75 Å². The monoisotopic (exact) mass is 391 g/mol. The minimum Gasteiger partial charge on any atom is -0.486 e. The van der Waals surface area contributed by atoms with Crippen LogP contribution in [0.4, 0.5) is 11.4 Å². The number of carbonyl (C=O) groups is 1. The Bertz CT molecular complexity index is 930. The summed E-state index contributed by atoms with van der Waals surface area (Å²) in [6.07, 6.45) is 1.51. The minimum atomic E-state index is -0.210. The highest BCUT2D eigenvalue weighted by atomic mass is 16.5. The summed E-state index contributed by atoms with van der Waals surface area (Å²) in [6.45, 7) is 4.35. The van der Waals surface area contributed by atoms with Crippen LogP contribution in [0.1, 0.15) is 16.1 Å². The molecule has 4 rings (SSSR count). The van der Waals surface area contributed by atoms with E-state index in [1.54, 1.807) is 6.07 Å². The predicted molar refractivity (Wildman–Crippen MR) is 114 cm³/mol. The van der Waals surface area contributed by atoms with Gasteiger partial charge in [-0.2, -0.15) is 0 Å². The Labute approximate surface area is 170 Å². The third kappa shape index (κ3) is 4.78. The molecule has 29 heavy (non-hydrogen) atoms. The number of furan rings is 1. The van der Waals surface area contributed by atoms with Gasteiger partial charge in [0.25, 0.3) is 5.91 Å². The topological polar surface area (TPSA) is 58.0 Å². The van der Waals surface area contributed by atoms with Crippen molar-refractivity contribution in [2.24, 2.45) is 0 Å². The Morgan fingerprint density at radius 2 is 1.72 bits per heavy atom. The van der Waals surface area contributed by atoms with E-state index in [9.17, 15) is 4.79 Å². The number of para-hydroxylation sites is 1. The van der Waals surface area contributed by atoms with Crippen LogP contribution in [-0.2, 0) is 6.61 Å². The molecular formula is C23H25N3O3. The van der Waals surface area contributed by atoms with E-state index in [0.717, 1.165) is 37.6 Å². The van der Waals surface area contributed by atoms with Crippen LogP contribution in [0.2, 0.25) is 0 Å². The zero-order chi connectivity index (χ0) is 20.1. The number of anilines is 2. The van der Waals surface area contributed by atoms with Crippen LogP contribution in [-0.4, -0.2) is 44.0 Å². The van der Waals surface area contributed by atoms with E-state index >= 15 is 0 Å². The normalized spacial score (nSPS) is 14.6. The fourth-order valence-electron chi connectivity index (χ4n) is 3.34. The molecule has 6 nitrogen and oxygen atoms in total. The lowest BCUT2D eigenvalue weighted by Gasteiger charge is -2.34. The third-order valence-electron chi connectivity index (χ3n) is 5.10. The highest BCUT2D eigenvalue weighted by Crippen LogP contribution is 2.21. The molecule has 2 aromatic carbocycles. The van der Waals surface area contributed by atoms with Gasteiger partial charge in [0.15, 0.2) is 5.76 Å². The zero-order valence-corrected chi connectivity index (χ0v) is 16.5. The van der Waals surface area contributed by atoms with Crippen molar-refractivity contribution in [1.29, 1.82) is 0 Å². The van der Waals surface area contributed by atoms with Crippen molar-refractivity contribution >= 4 is 17.3 Å². The molecule has 2 heterocycles. The summed E-state index contributed by atoms with van der Waals surface area (Å²) in [6, 6.07) is 19.1. The number of likely N-dealkylation sites (N-methyl/N-ethyl adjacent to an activating group) is 1. The molecule has 1 fully saturated rings. The smallest absolute Gasteiger partial charge is 0.259 e. The molecule has 0 unspecified atom stereocenters.